The summed E-state index contributed by atoms with van der Waals surface area (Å²) in [7, 11) is 1.63. The van der Waals surface area contributed by atoms with E-state index < -0.39 is 4.92 Å². The molecular weight excluding hydrogens is 238 g/mol. The lowest BCUT2D eigenvalue weighted by molar-refractivity contribution is -0.383. The minimum atomic E-state index is -0.440. The molecule has 0 aliphatic carbocycles. The quantitative estimate of drug-likeness (QED) is 0.612. The standard InChI is InChI=1S/C10H11N5O3/c1-11-7-3-2-4-8(10(7)15(16)17)12-5-9-13-6-18-14-9/h2-4,6,11-12H,5H2,1H3. The summed E-state index contributed by atoms with van der Waals surface area (Å²) in [6, 6.07) is 4.98. The van der Waals surface area contributed by atoms with Gasteiger partial charge in [0.25, 0.3) is 0 Å². The van der Waals surface area contributed by atoms with Crippen molar-refractivity contribution in [1.29, 1.82) is 0 Å². The van der Waals surface area contributed by atoms with E-state index in [9.17, 15) is 10.1 Å². The molecule has 18 heavy (non-hydrogen) atoms. The van der Waals surface area contributed by atoms with Crippen LogP contribution < -0.4 is 10.6 Å². The number of nitro groups is 1. The first-order chi connectivity index (χ1) is 8.72. The molecule has 1 aromatic heterocycles. The van der Waals surface area contributed by atoms with Crippen molar-refractivity contribution in [3.8, 4) is 0 Å². The van der Waals surface area contributed by atoms with Crippen LogP contribution in [0.1, 0.15) is 5.82 Å². The Labute approximate surface area is 102 Å². The number of anilines is 2. The van der Waals surface area contributed by atoms with E-state index in [1.165, 1.54) is 6.39 Å². The van der Waals surface area contributed by atoms with Crippen molar-refractivity contribution in [1.82, 2.24) is 10.1 Å². The molecule has 0 amide bonds. The lowest BCUT2D eigenvalue weighted by atomic mass is 10.2. The molecule has 0 atom stereocenters. The molecule has 0 bridgehead atoms. The van der Waals surface area contributed by atoms with Crippen molar-refractivity contribution in [3.63, 3.8) is 0 Å². The third kappa shape index (κ3) is 2.37. The number of nitro benzene ring substituents is 1. The molecule has 2 rings (SSSR count). The molecule has 0 saturated carbocycles. The van der Waals surface area contributed by atoms with Crippen LogP contribution in [0.15, 0.2) is 29.1 Å². The summed E-state index contributed by atoms with van der Waals surface area (Å²) in [6.07, 6.45) is 1.20. The van der Waals surface area contributed by atoms with E-state index >= 15 is 0 Å². The zero-order valence-corrected chi connectivity index (χ0v) is 9.58. The van der Waals surface area contributed by atoms with Gasteiger partial charge in [-0.1, -0.05) is 11.2 Å². The second kappa shape index (κ2) is 5.13. The topological polar surface area (TPSA) is 106 Å². The number of benzene rings is 1. The maximum atomic E-state index is 11.0. The Morgan fingerprint density at radius 2 is 2.22 bits per heavy atom. The first-order valence-electron chi connectivity index (χ1n) is 5.16. The number of nitrogens with one attached hydrogen (secondary N) is 2. The zero-order valence-electron chi connectivity index (χ0n) is 9.58. The van der Waals surface area contributed by atoms with Gasteiger partial charge in [-0.3, -0.25) is 10.1 Å². The minimum Gasteiger partial charge on any atom is -0.382 e. The van der Waals surface area contributed by atoms with Gasteiger partial charge in [0.15, 0.2) is 5.82 Å². The smallest absolute Gasteiger partial charge is 0.315 e. The van der Waals surface area contributed by atoms with Gasteiger partial charge in [0.2, 0.25) is 6.39 Å². The molecule has 1 aromatic carbocycles. The Morgan fingerprint density at radius 1 is 1.44 bits per heavy atom. The van der Waals surface area contributed by atoms with E-state index in [4.69, 9.17) is 0 Å². The van der Waals surface area contributed by atoms with Crippen LogP contribution in [0.25, 0.3) is 0 Å². The maximum Gasteiger partial charge on any atom is 0.315 e. The monoisotopic (exact) mass is 249 g/mol. The van der Waals surface area contributed by atoms with Crippen LogP contribution in [0.3, 0.4) is 0 Å². The normalized spacial score (nSPS) is 10.1. The van der Waals surface area contributed by atoms with Crippen molar-refractivity contribution in [2.45, 2.75) is 6.54 Å². The lowest BCUT2D eigenvalue weighted by Crippen LogP contribution is -2.05. The van der Waals surface area contributed by atoms with Crippen molar-refractivity contribution in [2.75, 3.05) is 17.7 Å². The Bertz CT molecular complexity index is 540. The van der Waals surface area contributed by atoms with Crippen molar-refractivity contribution < 1.29 is 9.45 Å². The lowest BCUT2D eigenvalue weighted by Gasteiger charge is -2.08. The van der Waals surface area contributed by atoms with Crippen molar-refractivity contribution in [3.05, 3.63) is 40.5 Å². The molecule has 8 heteroatoms. The summed E-state index contributed by atoms with van der Waals surface area (Å²) in [5, 5.41) is 20.3. The summed E-state index contributed by atoms with van der Waals surface area (Å²) in [5.41, 5.74) is 0.832. The molecule has 0 aliphatic heterocycles. The van der Waals surface area contributed by atoms with Gasteiger partial charge in [-0.25, -0.2) is 0 Å². The van der Waals surface area contributed by atoms with Gasteiger partial charge in [-0.15, -0.1) is 0 Å². The Morgan fingerprint density at radius 3 is 2.83 bits per heavy atom. The molecular formula is C10H11N5O3. The van der Waals surface area contributed by atoms with Crippen LogP contribution in [0.2, 0.25) is 0 Å². The van der Waals surface area contributed by atoms with Crippen LogP contribution >= 0.6 is 0 Å². The van der Waals surface area contributed by atoms with Crippen molar-refractivity contribution >= 4 is 17.1 Å². The number of rotatable bonds is 5. The van der Waals surface area contributed by atoms with Crippen LogP contribution in [0.4, 0.5) is 17.1 Å². The Hall–Kier alpha value is -2.64. The fourth-order valence-corrected chi connectivity index (χ4v) is 1.53. The van der Waals surface area contributed by atoms with E-state index in [0.717, 1.165) is 0 Å². The minimum absolute atomic E-state index is 0.0107. The van der Waals surface area contributed by atoms with Gasteiger partial charge in [0, 0.05) is 7.05 Å². The van der Waals surface area contributed by atoms with Gasteiger partial charge in [-0.2, -0.15) is 4.98 Å². The highest BCUT2D eigenvalue weighted by Crippen LogP contribution is 2.32. The molecule has 0 aliphatic rings. The summed E-state index contributed by atoms with van der Waals surface area (Å²) in [4.78, 5) is 14.4. The van der Waals surface area contributed by atoms with E-state index in [0.29, 0.717) is 17.2 Å². The van der Waals surface area contributed by atoms with Crippen LogP contribution in [0, 0.1) is 10.1 Å². The van der Waals surface area contributed by atoms with Gasteiger partial charge >= 0.3 is 5.69 Å². The number of para-hydroxylation sites is 1. The molecule has 0 spiro atoms. The van der Waals surface area contributed by atoms with E-state index in [1.54, 1.807) is 25.2 Å². The van der Waals surface area contributed by atoms with Crippen LogP contribution in [0.5, 0.6) is 0 Å². The molecule has 1 heterocycles. The second-order valence-electron chi connectivity index (χ2n) is 3.41. The van der Waals surface area contributed by atoms with Gasteiger partial charge in [0.1, 0.15) is 11.4 Å². The molecule has 94 valence electrons. The third-order valence-electron chi connectivity index (χ3n) is 2.33. The highest BCUT2D eigenvalue weighted by molar-refractivity contribution is 5.75. The van der Waals surface area contributed by atoms with E-state index in [2.05, 4.69) is 25.3 Å². The molecule has 2 N–H and O–H groups in total. The number of hydrogen-bond donors (Lipinski definition) is 2. The number of hydrogen-bond acceptors (Lipinski definition) is 7. The molecule has 8 nitrogen and oxygen atoms in total. The highest BCUT2D eigenvalue weighted by Gasteiger charge is 2.18. The fourth-order valence-electron chi connectivity index (χ4n) is 1.53. The summed E-state index contributed by atoms with van der Waals surface area (Å²) >= 11 is 0. The predicted molar refractivity (Wildman–Crippen MR) is 64.3 cm³/mol. The third-order valence-corrected chi connectivity index (χ3v) is 2.33. The van der Waals surface area contributed by atoms with Crippen LogP contribution in [-0.2, 0) is 6.54 Å². The first-order valence-corrected chi connectivity index (χ1v) is 5.16. The average molecular weight is 249 g/mol. The zero-order chi connectivity index (χ0) is 13.0. The van der Waals surface area contributed by atoms with Gasteiger partial charge in [-0.05, 0) is 12.1 Å². The molecule has 2 aromatic rings. The summed E-state index contributed by atoms with van der Waals surface area (Å²) in [6.45, 7) is 0.254. The second-order valence-corrected chi connectivity index (χ2v) is 3.41. The first kappa shape index (κ1) is 11.8. The molecule has 0 saturated heterocycles. The van der Waals surface area contributed by atoms with Gasteiger partial charge in [0.05, 0.1) is 11.5 Å². The van der Waals surface area contributed by atoms with Crippen LogP contribution in [-0.4, -0.2) is 22.1 Å². The van der Waals surface area contributed by atoms with Gasteiger partial charge < -0.3 is 15.2 Å². The number of aromatic nitrogens is 2. The largest absolute Gasteiger partial charge is 0.382 e. The summed E-state index contributed by atoms with van der Waals surface area (Å²) in [5.74, 6) is 0.430. The Kier molecular flexibility index (Phi) is 3.37. The SMILES string of the molecule is CNc1cccc(NCc2ncon2)c1[N+](=O)[O-]. The molecule has 0 unspecified atom stereocenters. The van der Waals surface area contributed by atoms with E-state index in [1.807, 2.05) is 0 Å². The average Bonchev–Trinajstić information content (AvgIpc) is 2.88. The molecule has 0 fully saturated rings. The maximum absolute atomic E-state index is 11.0. The summed E-state index contributed by atoms with van der Waals surface area (Å²) < 4.78 is 4.58. The highest BCUT2D eigenvalue weighted by atomic mass is 16.6. The van der Waals surface area contributed by atoms with E-state index in [-0.39, 0.29) is 12.2 Å². The fraction of sp³-hybridized carbons (Fsp3) is 0.200. The predicted octanol–water partition coefficient (Wildman–Crippen LogP) is 1.63. The Balaban J connectivity index is 2.24. The number of nitrogens with zero attached hydrogens (tertiary/aromatic N) is 3. The van der Waals surface area contributed by atoms with Crippen molar-refractivity contribution in [2.24, 2.45) is 0 Å². The molecule has 0 radical (unpaired) electrons.